The molecule has 0 aliphatic carbocycles. The number of hydrogen-bond acceptors (Lipinski definition) is 5. The van der Waals surface area contributed by atoms with Gasteiger partial charge in [-0.2, -0.15) is 31.6 Å². The summed E-state index contributed by atoms with van der Waals surface area (Å²) in [4.78, 5) is 14.3. The number of carbonyl (C=O) groups excluding carboxylic acids is 1. The fourth-order valence-electron chi connectivity index (χ4n) is 3.41. The number of anilines is 1. The van der Waals surface area contributed by atoms with Crippen molar-refractivity contribution in [2.75, 3.05) is 24.5 Å². The van der Waals surface area contributed by atoms with Crippen LogP contribution in [-0.2, 0) is 15.7 Å². The van der Waals surface area contributed by atoms with Gasteiger partial charge < -0.3 is 20.3 Å². The maximum Gasteiger partial charge on any atom is 0.433 e. The Balaban J connectivity index is 0.00000320. The zero-order valence-electron chi connectivity index (χ0n) is 15.2. The molecule has 2 heterocycles. The van der Waals surface area contributed by atoms with E-state index in [-0.39, 0.29) is 31.5 Å². The number of nitrogens with zero attached hydrogens (tertiary/aromatic N) is 3. The predicted molar refractivity (Wildman–Crippen MR) is 94.6 cm³/mol. The Hall–Kier alpha value is -2.23. The summed E-state index contributed by atoms with van der Waals surface area (Å²) in [7, 11) is 0. The van der Waals surface area contributed by atoms with Crippen LogP contribution < -0.4 is 10.6 Å². The minimum Gasteiger partial charge on any atom is -0.339 e. The van der Waals surface area contributed by atoms with Crippen LogP contribution >= 0.6 is 12.4 Å². The van der Waals surface area contributed by atoms with Gasteiger partial charge in [0.1, 0.15) is 0 Å². The second-order valence-electron chi connectivity index (χ2n) is 6.84. The lowest BCUT2D eigenvalue weighted by molar-refractivity contribution is -0.214. The van der Waals surface area contributed by atoms with Gasteiger partial charge in [0.15, 0.2) is 6.10 Å². The van der Waals surface area contributed by atoms with E-state index in [1.807, 2.05) is 0 Å². The number of nitriles is 1. The maximum absolute atomic E-state index is 13.5. The summed E-state index contributed by atoms with van der Waals surface area (Å²) in [6, 6.07) is 3.29. The number of benzene rings is 1. The van der Waals surface area contributed by atoms with Crippen LogP contribution in [0.3, 0.4) is 0 Å². The van der Waals surface area contributed by atoms with E-state index in [2.05, 4.69) is 0 Å². The molecule has 3 rings (SSSR count). The standard InChI is InChI=1S/C17H16F6N4O2.ClH/c18-16(19,20)12-5-11(2-1-9(12)6-24)27-8-13(29-15(27)17(21,22)23)14(28)26-4-3-10(25)7-26;/h1-2,5,10,13,15H,3-4,7-8,25H2;1H/t10-,13+,15-;/m1./s1. The molecule has 6 nitrogen and oxygen atoms in total. The van der Waals surface area contributed by atoms with E-state index in [0.717, 1.165) is 12.1 Å². The van der Waals surface area contributed by atoms with Crippen molar-refractivity contribution in [2.24, 2.45) is 5.73 Å². The molecule has 166 valence electrons. The third kappa shape index (κ3) is 4.74. The first-order valence-corrected chi connectivity index (χ1v) is 8.56. The van der Waals surface area contributed by atoms with Crippen LogP contribution in [0.1, 0.15) is 17.5 Å². The molecule has 30 heavy (non-hydrogen) atoms. The number of amides is 1. The number of halogens is 7. The SMILES string of the molecule is Cl.N#Cc1ccc(N2C[C@@H](C(=O)N3CC[C@@H](N)C3)O[C@@H]2C(F)(F)F)cc1C(F)(F)F. The molecular formula is C17H17ClF6N4O2. The van der Waals surface area contributed by atoms with Crippen molar-refractivity contribution in [1.82, 2.24) is 4.90 Å². The average Bonchev–Trinajstić information content (AvgIpc) is 3.26. The summed E-state index contributed by atoms with van der Waals surface area (Å²) in [5.74, 6) is -0.695. The quantitative estimate of drug-likeness (QED) is 0.689. The highest BCUT2D eigenvalue weighted by Crippen LogP contribution is 2.39. The number of rotatable bonds is 2. The molecule has 0 spiro atoms. The van der Waals surface area contributed by atoms with Crippen molar-refractivity contribution in [3.63, 3.8) is 0 Å². The van der Waals surface area contributed by atoms with Crippen LogP contribution in [0, 0.1) is 11.3 Å². The molecule has 2 N–H and O–H groups in total. The highest BCUT2D eigenvalue weighted by atomic mass is 35.5. The smallest absolute Gasteiger partial charge is 0.339 e. The fourth-order valence-corrected chi connectivity index (χ4v) is 3.41. The largest absolute Gasteiger partial charge is 0.433 e. The van der Waals surface area contributed by atoms with Gasteiger partial charge in [-0.25, -0.2) is 0 Å². The van der Waals surface area contributed by atoms with Crippen LogP contribution in [0.15, 0.2) is 18.2 Å². The summed E-state index contributed by atoms with van der Waals surface area (Å²) in [6.07, 6.45) is -13.5. The van der Waals surface area contributed by atoms with Crippen molar-refractivity contribution in [1.29, 1.82) is 5.26 Å². The van der Waals surface area contributed by atoms with Gasteiger partial charge in [-0.3, -0.25) is 4.79 Å². The number of likely N-dealkylation sites (tertiary alicyclic amines) is 1. The molecule has 1 aromatic carbocycles. The van der Waals surface area contributed by atoms with Crippen LogP contribution in [0.4, 0.5) is 32.0 Å². The first-order chi connectivity index (χ1) is 13.4. The Morgan fingerprint density at radius 2 is 1.87 bits per heavy atom. The lowest BCUT2D eigenvalue weighted by Crippen LogP contribution is -2.42. The van der Waals surface area contributed by atoms with Crippen molar-refractivity contribution in [3.8, 4) is 6.07 Å². The third-order valence-corrected chi connectivity index (χ3v) is 4.79. The minimum atomic E-state index is -4.96. The number of ether oxygens (including phenoxy) is 1. The van der Waals surface area contributed by atoms with E-state index in [4.69, 9.17) is 15.7 Å². The van der Waals surface area contributed by atoms with E-state index in [1.54, 1.807) is 0 Å². The van der Waals surface area contributed by atoms with Crippen molar-refractivity contribution < 1.29 is 35.9 Å². The molecule has 1 aromatic rings. The second kappa shape index (κ2) is 8.49. The summed E-state index contributed by atoms with van der Waals surface area (Å²) >= 11 is 0. The Bertz CT molecular complexity index is 841. The van der Waals surface area contributed by atoms with E-state index in [0.29, 0.717) is 17.4 Å². The molecule has 2 aliphatic rings. The maximum atomic E-state index is 13.5. The van der Waals surface area contributed by atoms with Gasteiger partial charge in [0, 0.05) is 24.8 Å². The summed E-state index contributed by atoms with van der Waals surface area (Å²) in [6.45, 7) is -0.145. The highest BCUT2D eigenvalue weighted by Gasteiger charge is 2.53. The summed E-state index contributed by atoms with van der Waals surface area (Å²) < 4.78 is 84.9. The molecule has 2 fully saturated rings. The molecule has 0 aromatic heterocycles. The second-order valence-corrected chi connectivity index (χ2v) is 6.84. The molecule has 1 amide bonds. The van der Waals surface area contributed by atoms with Gasteiger partial charge in [0.2, 0.25) is 6.23 Å². The van der Waals surface area contributed by atoms with Crippen LogP contribution in [0.2, 0.25) is 0 Å². The van der Waals surface area contributed by atoms with Gasteiger partial charge in [0.05, 0.1) is 23.7 Å². The van der Waals surface area contributed by atoms with Crippen molar-refractivity contribution in [3.05, 3.63) is 29.3 Å². The van der Waals surface area contributed by atoms with Gasteiger partial charge in [-0.15, -0.1) is 12.4 Å². The number of carbonyl (C=O) groups is 1. The van der Waals surface area contributed by atoms with Crippen LogP contribution in [0.5, 0.6) is 0 Å². The predicted octanol–water partition coefficient (Wildman–Crippen LogP) is 2.65. The number of hydrogen-bond donors (Lipinski definition) is 1. The van der Waals surface area contributed by atoms with Gasteiger partial charge >= 0.3 is 12.4 Å². The Morgan fingerprint density at radius 3 is 2.37 bits per heavy atom. The molecule has 3 atom stereocenters. The van der Waals surface area contributed by atoms with Crippen LogP contribution in [0.25, 0.3) is 0 Å². The normalized spacial score (nSPS) is 24.5. The minimum absolute atomic E-state index is 0. The molecule has 0 radical (unpaired) electrons. The van der Waals surface area contributed by atoms with Crippen molar-refractivity contribution >= 4 is 24.0 Å². The number of alkyl halides is 6. The van der Waals surface area contributed by atoms with Crippen LogP contribution in [-0.4, -0.2) is 55.0 Å². The summed E-state index contributed by atoms with van der Waals surface area (Å²) in [5.41, 5.74) is 3.17. The molecule has 2 aliphatic heterocycles. The van der Waals surface area contributed by atoms with E-state index in [9.17, 15) is 31.1 Å². The third-order valence-electron chi connectivity index (χ3n) is 4.79. The Kier molecular flexibility index (Phi) is 6.80. The average molecular weight is 459 g/mol. The lowest BCUT2D eigenvalue weighted by atomic mass is 10.1. The summed E-state index contributed by atoms with van der Waals surface area (Å²) in [5, 5.41) is 8.85. The van der Waals surface area contributed by atoms with E-state index < -0.39 is 54.0 Å². The topological polar surface area (TPSA) is 82.6 Å². The molecule has 0 saturated carbocycles. The van der Waals surface area contributed by atoms with Crippen molar-refractivity contribution in [2.45, 2.75) is 37.1 Å². The first kappa shape index (κ1) is 24.0. The number of nitrogens with two attached hydrogens (primary N) is 1. The molecule has 0 bridgehead atoms. The molecule has 2 saturated heterocycles. The Labute approximate surface area is 173 Å². The highest BCUT2D eigenvalue weighted by molar-refractivity contribution is 5.85. The fraction of sp³-hybridized carbons (Fsp3) is 0.529. The Morgan fingerprint density at radius 1 is 1.20 bits per heavy atom. The lowest BCUT2D eigenvalue weighted by Gasteiger charge is -2.27. The zero-order chi connectivity index (χ0) is 21.6. The monoisotopic (exact) mass is 458 g/mol. The van der Waals surface area contributed by atoms with E-state index >= 15 is 0 Å². The van der Waals surface area contributed by atoms with Gasteiger partial charge in [-0.05, 0) is 24.6 Å². The molecule has 0 unspecified atom stereocenters. The molecular weight excluding hydrogens is 442 g/mol. The van der Waals surface area contributed by atoms with Gasteiger partial charge in [0.25, 0.3) is 5.91 Å². The molecule has 13 heteroatoms. The first-order valence-electron chi connectivity index (χ1n) is 8.56. The van der Waals surface area contributed by atoms with Gasteiger partial charge in [-0.1, -0.05) is 0 Å². The zero-order valence-corrected chi connectivity index (χ0v) is 16.0. The van der Waals surface area contributed by atoms with E-state index in [1.165, 1.54) is 11.0 Å².